The summed E-state index contributed by atoms with van der Waals surface area (Å²) in [5, 5.41) is 23.6. The molecule has 0 aliphatic rings. The third kappa shape index (κ3) is 6.75. The van der Waals surface area contributed by atoms with Gasteiger partial charge in [0.2, 0.25) is 5.91 Å². The van der Waals surface area contributed by atoms with Gasteiger partial charge in [0.05, 0.1) is 11.6 Å². The molecule has 2 aromatic carbocycles. The van der Waals surface area contributed by atoms with Crippen LogP contribution in [0.3, 0.4) is 0 Å². The van der Waals surface area contributed by atoms with Crippen molar-refractivity contribution in [3.8, 4) is 6.07 Å². The molecule has 2 aromatic rings. The first-order chi connectivity index (χ1) is 12.0. The number of carboxylic acids is 1. The van der Waals surface area contributed by atoms with Crippen LogP contribution >= 0.6 is 0 Å². The van der Waals surface area contributed by atoms with Gasteiger partial charge in [-0.2, -0.15) is 5.26 Å². The molecule has 1 unspecified atom stereocenters. The van der Waals surface area contributed by atoms with Crippen LogP contribution in [0.15, 0.2) is 66.4 Å². The third-order valence-electron chi connectivity index (χ3n) is 3.38. The Morgan fingerprint density at radius 1 is 1.12 bits per heavy atom. The van der Waals surface area contributed by atoms with Gasteiger partial charge in [-0.25, -0.2) is 4.79 Å². The van der Waals surface area contributed by atoms with Crippen molar-refractivity contribution >= 4 is 17.6 Å². The van der Waals surface area contributed by atoms with Crippen LogP contribution in [0.2, 0.25) is 0 Å². The van der Waals surface area contributed by atoms with E-state index < -0.39 is 17.9 Å². The zero-order valence-electron chi connectivity index (χ0n) is 14.6. The maximum absolute atomic E-state index is 12.0. The van der Waals surface area contributed by atoms with Gasteiger partial charge in [0.1, 0.15) is 6.04 Å². The van der Waals surface area contributed by atoms with Gasteiger partial charge in [0, 0.05) is 17.5 Å². The predicted molar refractivity (Wildman–Crippen MR) is 93.5 cm³/mol. The van der Waals surface area contributed by atoms with Gasteiger partial charge in [0.15, 0.2) is 0 Å². The van der Waals surface area contributed by atoms with Crippen molar-refractivity contribution in [1.82, 2.24) is 5.32 Å². The second-order valence-corrected chi connectivity index (χ2v) is 5.33. The molecule has 7 heteroatoms. The topological polar surface area (TPSA) is 102 Å². The number of nitriles is 1. The van der Waals surface area contributed by atoms with E-state index in [-0.39, 0.29) is 51.4 Å². The average molecular weight is 374 g/mol. The summed E-state index contributed by atoms with van der Waals surface area (Å²) >= 11 is 0. The van der Waals surface area contributed by atoms with Crippen LogP contribution in [0.1, 0.15) is 24.1 Å². The molecule has 0 bridgehead atoms. The molecule has 0 radical (unpaired) electrons. The van der Waals surface area contributed by atoms with E-state index >= 15 is 0 Å². The Labute approximate surface area is 194 Å². The van der Waals surface area contributed by atoms with Gasteiger partial charge in [-0.3, -0.25) is 4.79 Å². The molecule has 0 saturated carbocycles. The van der Waals surface area contributed by atoms with Crippen LogP contribution < -0.4 is 62.0 Å². The number of hydrogen-bond donors (Lipinski definition) is 3. The summed E-state index contributed by atoms with van der Waals surface area (Å²) in [6.45, 7) is 1.62. The predicted octanol–water partition coefficient (Wildman–Crippen LogP) is -0.180. The van der Waals surface area contributed by atoms with E-state index in [1.807, 2.05) is 6.07 Å². The number of carboxylic acid groups (broad SMARTS) is 1. The number of amides is 1. The molecule has 3 N–H and O–H groups in total. The molecule has 0 aliphatic carbocycles. The molecule has 0 spiro atoms. The van der Waals surface area contributed by atoms with Gasteiger partial charge >= 0.3 is 57.4 Å². The minimum Gasteiger partial charge on any atom is -0.479 e. The molecule has 0 aromatic heterocycles. The molecular weight excluding hydrogens is 357 g/mol. The molecular formula is C19H17KN3O3+. The quantitative estimate of drug-likeness (QED) is 0.481. The molecule has 0 saturated heterocycles. The summed E-state index contributed by atoms with van der Waals surface area (Å²) in [6, 6.07) is 16.2. The second kappa shape index (κ2) is 10.9. The minimum absolute atomic E-state index is 0. The van der Waals surface area contributed by atoms with E-state index in [1.165, 1.54) is 6.08 Å². The first-order valence-corrected chi connectivity index (χ1v) is 7.53. The Balaban J connectivity index is 0.00000338. The number of nitrogens with one attached hydrogen (secondary N) is 2. The monoisotopic (exact) mass is 374 g/mol. The van der Waals surface area contributed by atoms with Crippen molar-refractivity contribution in [3.63, 3.8) is 0 Å². The number of benzene rings is 2. The standard InChI is InChI=1S/C19H17N3O3.K/c1-13(21-18(19(24)25)15-5-3-2-4-6-15)11-17(23)22-16-9-7-14(12-20)8-10-16;/h2-11,18,21H,1H3,(H,22,23)(H,24,25);/q;+1/b13-11+;. The van der Waals surface area contributed by atoms with Crippen LogP contribution in [0.4, 0.5) is 5.69 Å². The normalized spacial score (nSPS) is 11.5. The SMILES string of the molecule is C/C(=C\C(=O)Nc1ccc(C#N)cc1)NC(C(=O)O)c1ccccc1.[K+]. The van der Waals surface area contributed by atoms with Crippen LogP contribution in [-0.4, -0.2) is 17.0 Å². The smallest absolute Gasteiger partial charge is 0.479 e. The summed E-state index contributed by atoms with van der Waals surface area (Å²) in [5.74, 6) is -1.43. The Bertz CT molecular complexity index is 827. The number of allylic oxidation sites excluding steroid dienone is 1. The van der Waals surface area contributed by atoms with Crippen LogP contribution in [0.5, 0.6) is 0 Å². The zero-order chi connectivity index (χ0) is 18.2. The van der Waals surface area contributed by atoms with Crippen LogP contribution in [0.25, 0.3) is 0 Å². The van der Waals surface area contributed by atoms with Gasteiger partial charge in [-0.1, -0.05) is 30.3 Å². The average Bonchev–Trinajstić information content (AvgIpc) is 2.60. The Hall–Kier alpha value is -1.95. The number of hydrogen-bond acceptors (Lipinski definition) is 4. The fraction of sp³-hybridized carbons (Fsp3) is 0.105. The van der Waals surface area contributed by atoms with Gasteiger partial charge in [0.25, 0.3) is 0 Å². The van der Waals surface area contributed by atoms with Crippen molar-refractivity contribution in [2.75, 3.05) is 5.32 Å². The summed E-state index contributed by atoms with van der Waals surface area (Å²) < 4.78 is 0. The Morgan fingerprint density at radius 2 is 1.73 bits per heavy atom. The van der Waals surface area contributed by atoms with Gasteiger partial charge in [-0.05, 0) is 36.8 Å². The molecule has 26 heavy (non-hydrogen) atoms. The van der Waals surface area contributed by atoms with Crippen molar-refractivity contribution in [2.45, 2.75) is 13.0 Å². The fourth-order valence-electron chi connectivity index (χ4n) is 2.21. The second-order valence-electron chi connectivity index (χ2n) is 5.33. The summed E-state index contributed by atoms with van der Waals surface area (Å²) in [7, 11) is 0. The number of carbonyl (C=O) groups excluding carboxylic acids is 1. The van der Waals surface area contributed by atoms with E-state index in [1.54, 1.807) is 61.5 Å². The summed E-state index contributed by atoms with van der Waals surface area (Å²) in [5.41, 5.74) is 2.06. The van der Waals surface area contributed by atoms with Crippen molar-refractivity contribution in [1.29, 1.82) is 5.26 Å². The first kappa shape index (κ1) is 22.1. The molecule has 0 aliphatic heterocycles. The molecule has 0 heterocycles. The molecule has 1 atom stereocenters. The molecule has 6 nitrogen and oxygen atoms in total. The maximum Gasteiger partial charge on any atom is 1.00 e. The van der Waals surface area contributed by atoms with Crippen molar-refractivity contribution in [2.24, 2.45) is 0 Å². The van der Waals surface area contributed by atoms with Crippen molar-refractivity contribution < 1.29 is 66.1 Å². The van der Waals surface area contributed by atoms with Crippen molar-refractivity contribution in [3.05, 3.63) is 77.5 Å². The van der Waals surface area contributed by atoms with E-state index in [9.17, 15) is 14.7 Å². The maximum atomic E-state index is 12.0. The van der Waals surface area contributed by atoms with E-state index in [0.29, 0.717) is 22.5 Å². The van der Waals surface area contributed by atoms with E-state index in [0.717, 1.165) is 0 Å². The van der Waals surface area contributed by atoms with Crippen LogP contribution in [-0.2, 0) is 9.59 Å². The van der Waals surface area contributed by atoms with Crippen LogP contribution in [0, 0.1) is 11.3 Å². The van der Waals surface area contributed by atoms with Gasteiger partial charge in [-0.15, -0.1) is 0 Å². The van der Waals surface area contributed by atoms with Gasteiger partial charge < -0.3 is 15.7 Å². The molecule has 0 fully saturated rings. The number of aliphatic carboxylic acids is 1. The minimum atomic E-state index is -1.04. The number of carbonyl (C=O) groups is 2. The number of rotatable bonds is 6. The van der Waals surface area contributed by atoms with E-state index in [4.69, 9.17) is 5.26 Å². The first-order valence-electron chi connectivity index (χ1n) is 7.53. The zero-order valence-corrected chi connectivity index (χ0v) is 17.7. The summed E-state index contributed by atoms with van der Waals surface area (Å²) in [6.07, 6.45) is 1.29. The Morgan fingerprint density at radius 3 is 2.27 bits per heavy atom. The third-order valence-corrected chi connectivity index (χ3v) is 3.38. The largest absolute Gasteiger partial charge is 1.00 e. The molecule has 1 amide bonds. The number of anilines is 1. The Kier molecular flexibility index (Phi) is 9.27. The number of nitrogens with zero attached hydrogens (tertiary/aromatic N) is 1. The fourth-order valence-corrected chi connectivity index (χ4v) is 2.21. The summed E-state index contributed by atoms with van der Waals surface area (Å²) in [4.78, 5) is 23.5. The molecule has 126 valence electrons. The van der Waals surface area contributed by atoms with E-state index in [2.05, 4.69) is 10.6 Å². The molecule has 2 rings (SSSR count).